The minimum absolute atomic E-state index is 0.388. The lowest BCUT2D eigenvalue weighted by Crippen LogP contribution is -2.21. The van der Waals surface area contributed by atoms with Crippen molar-refractivity contribution in [2.75, 3.05) is 26.1 Å². The number of rotatable bonds is 6. The zero-order valence-electron chi connectivity index (χ0n) is 14.7. The van der Waals surface area contributed by atoms with E-state index in [0.29, 0.717) is 22.7 Å². The molecule has 2 rings (SSSR count). The van der Waals surface area contributed by atoms with Crippen molar-refractivity contribution in [1.29, 1.82) is 0 Å². The lowest BCUT2D eigenvalue weighted by Gasteiger charge is -2.12. The molecule has 0 bridgehead atoms. The highest BCUT2D eigenvalue weighted by Gasteiger charge is 2.13. The average Bonchev–Trinajstić information content (AvgIpc) is 2.59. The SMILES string of the molecule is COc1ccc(NC(=O)COC(=O)c2cc(C)cc(C)c2)c(OC)c1. The Morgan fingerprint density at radius 3 is 2.24 bits per heavy atom. The standard InChI is InChI=1S/C19H21NO5/c1-12-7-13(2)9-14(8-12)19(22)25-11-18(21)20-16-6-5-15(23-3)10-17(16)24-4/h5-10H,11H2,1-4H3,(H,20,21). The van der Waals surface area contributed by atoms with Crippen molar-refractivity contribution in [3.8, 4) is 11.5 Å². The Morgan fingerprint density at radius 1 is 0.960 bits per heavy atom. The second-order valence-electron chi connectivity index (χ2n) is 5.57. The van der Waals surface area contributed by atoms with Gasteiger partial charge in [-0.15, -0.1) is 0 Å². The van der Waals surface area contributed by atoms with Gasteiger partial charge in [0.2, 0.25) is 0 Å². The zero-order chi connectivity index (χ0) is 18.4. The van der Waals surface area contributed by atoms with Crippen molar-refractivity contribution in [3.05, 3.63) is 53.1 Å². The summed E-state index contributed by atoms with van der Waals surface area (Å²) in [7, 11) is 3.03. The third-order valence-electron chi connectivity index (χ3n) is 3.47. The van der Waals surface area contributed by atoms with Crippen LogP contribution in [0.15, 0.2) is 36.4 Å². The molecule has 0 saturated heterocycles. The van der Waals surface area contributed by atoms with E-state index in [2.05, 4.69) is 5.32 Å². The number of hydrogen-bond acceptors (Lipinski definition) is 5. The molecule has 6 heteroatoms. The van der Waals surface area contributed by atoms with Gasteiger partial charge in [0.15, 0.2) is 6.61 Å². The number of benzene rings is 2. The molecule has 0 aliphatic rings. The molecule has 1 N–H and O–H groups in total. The number of methoxy groups -OCH3 is 2. The van der Waals surface area contributed by atoms with Crippen molar-refractivity contribution in [1.82, 2.24) is 0 Å². The Hall–Kier alpha value is -3.02. The largest absolute Gasteiger partial charge is 0.497 e. The van der Waals surface area contributed by atoms with Crippen molar-refractivity contribution >= 4 is 17.6 Å². The lowest BCUT2D eigenvalue weighted by atomic mass is 10.1. The van der Waals surface area contributed by atoms with Gasteiger partial charge in [0.1, 0.15) is 11.5 Å². The second-order valence-corrected chi connectivity index (χ2v) is 5.57. The lowest BCUT2D eigenvalue weighted by molar-refractivity contribution is -0.119. The van der Waals surface area contributed by atoms with E-state index in [9.17, 15) is 9.59 Å². The Morgan fingerprint density at radius 2 is 1.64 bits per heavy atom. The molecule has 2 aromatic carbocycles. The summed E-state index contributed by atoms with van der Waals surface area (Å²) >= 11 is 0. The molecule has 0 radical (unpaired) electrons. The normalized spacial score (nSPS) is 10.1. The summed E-state index contributed by atoms with van der Waals surface area (Å²) in [6.07, 6.45) is 0. The van der Waals surface area contributed by atoms with E-state index in [1.807, 2.05) is 19.9 Å². The van der Waals surface area contributed by atoms with E-state index in [0.717, 1.165) is 11.1 Å². The maximum absolute atomic E-state index is 12.1. The highest BCUT2D eigenvalue weighted by Crippen LogP contribution is 2.28. The fourth-order valence-electron chi connectivity index (χ4n) is 2.40. The van der Waals surface area contributed by atoms with Crippen LogP contribution in [0.3, 0.4) is 0 Å². The van der Waals surface area contributed by atoms with Gasteiger partial charge < -0.3 is 19.5 Å². The maximum atomic E-state index is 12.1. The first-order chi connectivity index (χ1) is 11.9. The number of ether oxygens (including phenoxy) is 3. The van der Waals surface area contributed by atoms with Crippen LogP contribution in [0.4, 0.5) is 5.69 Å². The summed E-state index contributed by atoms with van der Waals surface area (Å²) in [5, 5.41) is 2.65. The van der Waals surface area contributed by atoms with Crippen LogP contribution in [-0.4, -0.2) is 32.7 Å². The Bertz CT molecular complexity index is 765. The van der Waals surface area contributed by atoms with Gasteiger partial charge in [-0.05, 0) is 38.1 Å². The van der Waals surface area contributed by atoms with Gasteiger partial charge in [0, 0.05) is 6.07 Å². The van der Waals surface area contributed by atoms with Crippen LogP contribution in [0.25, 0.3) is 0 Å². The van der Waals surface area contributed by atoms with E-state index in [-0.39, 0.29) is 6.61 Å². The predicted molar refractivity (Wildman–Crippen MR) is 94.4 cm³/mol. The molecule has 0 aromatic heterocycles. The molecule has 6 nitrogen and oxygen atoms in total. The monoisotopic (exact) mass is 343 g/mol. The topological polar surface area (TPSA) is 73.9 Å². The Balaban J connectivity index is 1.97. The molecule has 0 atom stereocenters. The molecule has 1 amide bonds. The highest BCUT2D eigenvalue weighted by atomic mass is 16.5. The summed E-state index contributed by atoms with van der Waals surface area (Å²) in [6, 6.07) is 10.4. The third kappa shape index (κ3) is 4.97. The van der Waals surface area contributed by atoms with Gasteiger partial charge in [0.05, 0.1) is 25.5 Å². The summed E-state index contributed by atoms with van der Waals surface area (Å²) in [5.74, 6) is 0.0641. The summed E-state index contributed by atoms with van der Waals surface area (Å²) in [4.78, 5) is 24.1. The van der Waals surface area contributed by atoms with E-state index >= 15 is 0 Å². The van der Waals surface area contributed by atoms with Gasteiger partial charge >= 0.3 is 5.97 Å². The minimum atomic E-state index is -0.538. The first kappa shape index (κ1) is 18.3. The van der Waals surface area contributed by atoms with Crippen LogP contribution in [0.2, 0.25) is 0 Å². The Labute approximate surface area is 146 Å². The van der Waals surface area contributed by atoms with Gasteiger partial charge in [-0.2, -0.15) is 0 Å². The van der Waals surface area contributed by atoms with Gasteiger partial charge in [-0.25, -0.2) is 4.79 Å². The average molecular weight is 343 g/mol. The minimum Gasteiger partial charge on any atom is -0.497 e. The molecular weight excluding hydrogens is 322 g/mol. The summed E-state index contributed by atoms with van der Waals surface area (Å²) in [6.45, 7) is 3.40. The van der Waals surface area contributed by atoms with Crippen LogP contribution >= 0.6 is 0 Å². The molecule has 0 spiro atoms. The van der Waals surface area contributed by atoms with Crippen LogP contribution in [0.1, 0.15) is 21.5 Å². The number of amides is 1. The van der Waals surface area contributed by atoms with Gasteiger partial charge in [0.25, 0.3) is 5.91 Å². The zero-order valence-corrected chi connectivity index (χ0v) is 14.7. The number of aryl methyl sites for hydroxylation is 2. The second kappa shape index (κ2) is 8.19. The first-order valence-electron chi connectivity index (χ1n) is 7.70. The molecule has 25 heavy (non-hydrogen) atoms. The number of esters is 1. The van der Waals surface area contributed by atoms with Crippen molar-refractivity contribution < 1.29 is 23.8 Å². The number of nitrogens with one attached hydrogen (secondary N) is 1. The fourth-order valence-corrected chi connectivity index (χ4v) is 2.40. The van der Waals surface area contributed by atoms with E-state index in [4.69, 9.17) is 14.2 Å². The van der Waals surface area contributed by atoms with Crippen molar-refractivity contribution in [2.45, 2.75) is 13.8 Å². The first-order valence-corrected chi connectivity index (χ1v) is 7.70. The molecule has 2 aromatic rings. The number of hydrogen-bond donors (Lipinski definition) is 1. The number of anilines is 1. The smallest absolute Gasteiger partial charge is 0.338 e. The van der Waals surface area contributed by atoms with Crippen LogP contribution in [0, 0.1) is 13.8 Å². The molecule has 0 heterocycles. The van der Waals surface area contributed by atoms with Crippen LogP contribution in [-0.2, 0) is 9.53 Å². The predicted octanol–water partition coefficient (Wildman–Crippen LogP) is 3.12. The number of carbonyl (C=O) groups excluding carboxylic acids is 2. The van der Waals surface area contributed by atoms with Gasteiger partial charge in [-0.1, -0.05) is 17.2 Å². The van der Waals surface area contributed by atoms with E-state index in [1.165, 1.54) is 7.11 Å². The fraction of sp³-hybridized carbons (Fsp3) is 0.263. The van der Waals surface area contributed by atoms with E-state index in [1.54, 1.807) is 37.4 Å². The Kier molecular flexibility index (Phi) is 6.00. The third-order valence-corrected chi connectivity index (χ3v) is 3.47. The molecule has 0 fully saturated rings. The summed E-state index contributed by atoms with van der Waals surface area (Å²) < 4.78 is 15.4. The molecule has 0 saturated carbocycles. The van der Waals surface area contributed by atoms with Crippen molar-refractivity contribution in [2.24, 2.45) is 0 Å². The van der Waals surface area contributed by atoms with Crippen LogP contribution in [0.5, 0.6) is 11.5 Å². The molecule has 0 aliphatic carbocycles. The summed E-state index contributed by atoms with van der Waals surface area (Å²) in [5.41, 5.74) is 2.81. The molecular formula is C19H21NO5. The molecule has 0 aliphatic heterocycles. The molecule has 132 valence electrons. The van der Waals surface area contributed by atoms with E-state index < -0.39 is 11.9 Å². The van der Waals surface area contributed by atoms with Crippen LogP contribution < -0.4 is 14.8 Å². The molecule has 0 unspecified atom stereocenters. The quantitative estimate of drug-likeness (QED) is 0.816. The van der Waals surface area contributed by atoms with Crippen molar-refractivity contribution in [3.63, 3.8) is 0 Å². The van der Waals surface area contributed by atoms with Gasteiger partial charge in [-0.3, -0.25) is 4.79 Å². The maximum Gasteiger partial charge on any atom is 0.338 e. The number of carbonyl (C=O) groups is 2. The highest BCUT2D eigenvalue weighted by molar-refractivity contribution is 5.96.